The molecule has 1 rings (SSSR count). The zero-order valence-corrected chi connectivity index (χ0v) is 7.58. The number of carbonyl (C=O) groups is 1. The van der Waals surface area contributed by atoms with Crippen LogP contribution in [0.5, 0.6) is 0 Å². The number of aliphatic hydroxyl groups excluding tert-OH is 1. The fourth-order valence-corrected chi connectivity index (χ4v) is 1.14. The molecule has 1 aliphatic rings. The number of likely N-dealkylation sites (tertiary alicyclic amines) is 1. The number of rotatable bonds is 2. The molecule has 12 heavy (non-hydrogen) atoms. The molecular formula is C8H16N2O2. The number of β-amino-alcohol motifs (C(OH)–C–C–N with tert-alkyl or cyclic N) is 1. The molecule has 1 saturated heterocycles. The van der Waals surface area contributed by atoms with E-state index in [1.807, 2.05) is 13.8 Å². The molecule has 4 nitrogen and oxygen atoms in total. The third-order valence-electron chi connectivity index (χ3n) is 2.24. The van der Waals surface area contributed by atoms with Crippen molar-refractivity contribution in [3.63, 3.8) is 0 Å². The van der Waals surface area contributed by atoms with Crippen LogP contribution in [0.1, 0.15) is 13.8 Å². The molecule has 1 heterocycles. The second kappa shape index (κ2) is 3.03. The van der Waals surface area contributed by atoms with E-state index in [2.05, 4.69) is 0 Å². The number of carbonyl (C=O) groups excluding carboxylic acids is 1. The molecule has 0 spiro atoms. The van der Waals surface area contributed by atoms with E-state index in [1.165, 1.54) is 0 Å². The summed E-state index contributed by atoms with van der Waals surface area (Å²) in [6.45, 7) is 4.91. The Labute approximate surface area is 72.3 Å². The first-order chi connectivity index (χ1) is 5.47. The minimum absolute atomic E-state index is 0.0373. The van der Waals surface area contributed by atoms with E-state index in [0.29, 0.717) is 19.6 Å². The molecule has 0 atom stereocenters. The van der Waals surface area contributed by atoms with Crippen LogP contribution in [0, 0.1) is 5.41 Å². The van der Waals surface area contributed by atoms with Crippen LogP contribution in [-0.4, -0.2) is 41.7 Å². The van der Waals surface area contributed by atoms with E-state index in [4.69, 9.17) is 10.8 Å². The summed E-state index contributed by atoms with van der Waals surface area (Å²) in [6.07, 6.45) is -0.331. The van der Waals surface area contributed by atoms with Crippen molar-refractivity contribution in [3.8, 4) is 0 Å². The van der Waals surface area contributed by atoms with Gasteiger partial charge in [-0.3, -0.25) is 4.79 Å². The van der Waals surface area contributed by atoms with Crippen LogP contribution >= 0.6 is 0 Å². The molecule has 0 aliphatic carbocycles. The van der Waals surface area contributed by atoms with Gasteiger partial charge in [-0.15, -0.1) is 0 Å². The van der Waals surface area contributed by atoms with Crippen molar-refractivity contribution >= 4 is 5.91 Å². The van der Waals surface area contributed by atoms with E-state index in [-0.39, 0.29) is 12.0 Å². The molecule has 0 aromatic carbocycles. The van der Waals surface area contributed by atoms with Gasteiger partial charge in [-0.1, -0.05) is 0 Å². The summed E-state index contributed by atoms with van der Waals surface area (Å²) in [7, 11) is 0. The fourth-order valence-electron chi connectivity index (χ4n) is 1.14. The SMILES string of the molecule is CC(C)(CN)C(=O)N1CC(O)C1. The van der Waals surface area contributed by atoms with E-state index in [9.17, 15) is 4.79 Å². The Balaban J connectivity index is 2.48. The Hall–Kier alpha value is -0.610. The Morgan fingerprint density at radius 2 is 2.17 bits per heavy atom. The van der Waals surface area contributed by atoms with E-state index in [0.717, 1.165) is 0 Å². The van der Waals surface area contributed by atoms with Gasteiger partial charge in [0.05, 0.1) is 11.5 Å². The average molecular weight is 172 g/mol. The van der Waals surface area contributed by atoms with Crippen LogP contribution in [0.15, 0.2) is 0 Å². The predicted octanol–water partition coefficient (Wildman–Crippen LogP) is -0.826. The highest BCUT2D eigenvalue weighted by Crippen LogP contribution is 2.20. The monoisotopic (exact) mass is 172 g/mol. The topological polar surface area (TPSA) is 66.6 Å². The highest BCUT2D eigenvalue weighted by Gasteiger charge is 2.36. The third kappa shape index (κ3) is 1.59. The van der Waals surface area contributed by atoms with Crippen LogP contribution in [0.25, 0.3) is 0 Å². The Morgan fingerprint density at radius 1 is 1.67 bits per heavy atom. The van der Waals surface area contributed by atoms with Crippen molar-refractivity contribution in [1.29, 1.82) is 0 Å². The summed E-state index contributed by atoms with van der Waals surface area (Å²) >= 11 is 0. The maximum atomic E-state index is 11.6. The molecule has 0 aromatic heterocycles. The minimum atomic E-state index is -0.486. The highest BCUT2D eigenvalue weighted by molar-refractivity contribution is 5.83. The van der Waals surface area contributed by atoms with Crippen LogP contribution in [0.3, 0.4) is 0 Å². The summed E-state index contributed by atoms with van der Waals surface area (Å²) < 4.78 is 0. The first-order valence-electron chi connectivity index (χ1n) is 4.15. The lowest BCUT2D eigenvalue weighted by atomic mass is 9.90. The second-order valence-electron chi connectivity index (χ2n) is 3.95. The van der Waals surface area contributed by atoms with Crippen molar-refractivity contribution in [2.24, 2.45) is 11.1 Å². The van der Waals surface area contributed by atoms with Crippen molar-refractivity contribution in [1.82, 2.24) is 4.90 Å². The molecular weight excluding hydrogens is 156 g/mol. The smallest absolute Gasteiger partial charge is 0.229 e. The van der Waals surface area contributed by atoms with E-state index >= 15 is 0 Å². The molecule has 0 bridgehead atoms. The van der Waals surface area contributed by atoms with Gasteiger partial charge in [0.25, 0.3) is 0 Å². The largest absolute Gasteiger partial charge is 0.389 e. The van der Waals surface area contributed by atoms with E-state index < -0.39 is 5.41 Å². The Bertz CT molecular complexity index is 185. The number of amides is 1. The number of hydrogen-bond donors (Lipinski definition) is 2. The zero-order chi connectivity index (χ0) is 9.35. The van der Waals surface area contributed by atoms with Gasteiger partial charge in [0.2, 0.25) is 5.91 Å². The molecule has 0 aromatic rings. The fraction of sp³-hybridized carbons (Fsp3) is 0.875. The molecule has 3 N–H and O–H groups in total. The maximum Gasteiger partial charge on any atom is 0.229 e. The summed E-state index contributed by atoms with van der Waals surface area (Å²) in [5, 5.41) is 8.98. The summed E-state index contributed by atoms with van der Waals surface area (Å²) in [5.74, 6) is 0.0373. The van der Waals surface area contributed by atoms with Gasteiger partial charge < -0.3 is 15.7 Å². The lowest BCUT2D eigenvalue weighted by Crippen LogP contribution is -2.58. The van der Waals surface area contributed by atoms with Gasteiger partial charge in [-0.25, -0.2) is 0 Å². The van der Waals surface area contributed by atoms with Crippen molar-refractivity contribution in [2.45, 2.75) is 20.0 Å². The number of nitrogens with two attached hydrogens (primary N) is 1. The van der Waals surface area contributed by atoms with Crippen molar-refractivity contribution in [3.05, 3.63) is 0 Å². The molecule has 70 valence electrons. The van der Waals surface area contributed by atoms with E-state index in [1.54, 1.807) is 4.90 Å². The van der Waals surface area contributed by atoms with Crippen LogP contribution in [0.4, 0.5) is 0 Å². The number of nitrogens with zero attached hydrogens (tertiary/aromatic N) is 1. The van der Waals surface area contributed by atoms with Gasteiger partial charge >= 0.3 is 0 Å². The summed E-state index contributed by atoms with van der Waals surface area (Å²) in [5.41, 5.74) is 4.96. The quantitative estimate of drug-likeness (QED) is 0.571. The average Bonchev–Trinajstić information content (AvgIpc) is 1.97. The lowest BCUT2D eigenvalue weighted by Gasteiger charge is -2.40. The standard InChI is InChI=1S/C8H16N2O2/c1-8(2,5-9)7(12)10-3-6(11)4-10/h6,11H,3-5,9H2,1-2H3. The zero-order valence-electron chi connectivity index (χ0n) is 7.58. The predicted molar refractivity (Wildman–Crippen MR) is 45.4 cm³/mol. The second-order valence-corrected chi connectivity index (χ2v) is 3.95. The van der Waals surface area contributed by atoms with Crippen molar-refractivity contribution in [2.75, 3.05) is 19.6 Å². The van der Waals surface area contributed by atoms with Gasteiger partial charge in [0, 0.05) is 19.6 Å². The van der Waals surface area contributed by atoms with Gasteiger partial charge in [-0.2, -0.15) is 0 Å². The highest BCUT2D eigenvalue weighted by atomic mass is 16.3. The Morgan fingerprint density at radius 3 is 2.50 bits per heavy atom. The molecule has 0 unspecified atom stereocenters. The summed E-state index contributed by atoms with van der Waals surface area (Å²) in [6, 6.07) is 0. The molecule has 1 fully saturated rings. The van der Waals surface area contributed by atoms with Crippen molar-refractivity contribution < 1.29 is 9.90 Å². The maximum absolute atomic E-state index is 11.6. The van der Waals surface area contributed by atoms with Crippen LogP contribution < -0.4 is 5.73 Å². The third-order valence-corrected chi connectivity index (χ3v) is 2.24. The minimum Gasteiger partial charge on any atom is -0.389 e. The molecule has 4 heteroatoms. The first kappa shape index (κ1) is 9.48. The number of aliphatic hydroxyl groups is 1. The number of hydrogen-bond acceptors (Lipinski definition) is 3. The first-order valence-corrected chi connectivity index (χ1v) is 4.15. The van der Waals surface area contributed by atoms with Gasteiger partial charge in [0.1, 0.15) is 0 Å². The normalized spacial score (nSPS) is 19.2. The summed E-state index contributed by atoms with van der Waals surface area (Å²) in [4.78, 5) is 13.2. The molecule has 1 amide bonds. The molecule has 0 radical (unpaired) electrons. The van der Waals surface area contributed by atoms with Crippen LogP contribution in [-0.2, 0) is 4.79 Å². The molecule has 0 saturated carbocycles. The Kier molecular flexibility index (Phi) is 2.39. The van der Waals surface area contributed by atoms with Gasteiger partial charge in [-0.05, 0) is 13.8 Å². The molecule has 1 aliphatic heterocycles. The van der Waals surface area contributed by atoms with Gasteiger partial charge in [0.15, 0.2) is 0 Å². The van der Waals surface area contributed by atoms with Crippen LogP contribution in [0.2, 0.25) is 0 Å². The lowest BCUT2D eigenvalue weighted by molar-refractivity contribution is -0.150.